The molecule has 4 nitrogen and oxygen atoms in total. The topological polar surface area (TPSA) is 64.3 Å². The predicted molar refractivity (Wildman–Crippen MR) is 70.0 cm³/mol. The van der Waals surface area contributed by atoms with Gasteiger partial charge in [-0.2, -0.15) is 0 Å². The second-order valence-corrected chi connectivity index (χ2v) is 4.44. The van der Waals surface area contributed by atoms with Crippen molar-refractivity contribution in [3.8, 4) is 0 Å². The summed E-state index contributed by atoms with van der Waals surface area (Å²) in [6.45, 7) is 1.14. The lowest BCUT2D eigenvalue weighted by Crippen LogP contribution is -2.35. The Kier molecular flexibility index (Phi) is 6.04. The monoisotopic (exact) mass is 254 g/mol. The van der Waals surface area contributed by atoms with E-state index in [4.69, 9.17) is 10.5 Å². The van der Waals surface area contributed by atoms with Crippen LogP contribution >= 0.6 is 11.8 Å². The molecule has 1 aromatic rings. The lowest BCUT2D eigenvalue weighted by Gasteiger charge is -2.15. The molecule has 1 atom stereocenters. The highest BCUT2D eigenvalue weighted by Gasteiger charge is 2.16. The molecule has 1 unspecified atom stereocenters. The van der Waals surface area contributed by atoms with Gasteiger partial charge in [0, 0.05) is 18.6 Å². The van der Waals surface area contributed by atoms with Crippen LogP contribution in [0.4, 0.5) is 0 Å². The molecule has 94 valence electrons. The van der Waals surface area contributed by atoms with Gasteiger partial charge in [-0.1, -0.05) is 12.1 Å². The Labute approximate surface area is 106 Å². The summed E-state index contributed by atoms with van der Waals surface area (Å²) in [6, 6.07) is 7.34. The van der Waals surface area contributed by atoms with Crippen molar-refractivity contribution in [1.82, 2.24) is 5.32 Å². The van der Waals surface area contributed by atoms with Gasteiger partial charge in [-0.05, 0) is 24.0 Å². The van der Waals surface area contributed by atoms with Gasteiger partial charge in [0.25, 0.3) is 0 Å². The molecular formula is C12H18N2O2S. The molecule has 0 heterocycles. The van der Waals surface area contributed by atoms with Crippen LogP contribution in [0.1, 0.15) is 11.6 Å². The van der Waals surface area contributed by atoms with Crippen LogP contribution in [0.25, 0.3) is 0 Å². The number of thioether (sulfide) groups is 1. The molecule has 0 aliphatic heterocycles. The first kappa shape index (κ1) is 14.0. The van der Waals surface area contributed by atoms with Crippen molar-refractivity contribution in [3.05, 3.63) is 29.8 Å². The molecule has 5 heteroatoms. The molecule has 0 fully saturated rings. The summed E-state index contributed by atoms with van der Waals surface area (Å²) in [5, 5.41) is 3.07. The first-order valence-corrected chi connectivity index (χ1v) is 6.57. The zero-order chi connectivity index (χ0) is 12.7. The number of nitrogens with two attached hydrogens (primary N) is 1. The summed E-state index contributed by atoms with van der Waals surface area (Å²) in [7, 11) is 1.62. The number of methoxy groups -OCH3 is 1. The lowest BCUT2D eigenvalue weighted by molar-refractivity contribution is -0.120. The molecule has 0 aromatic heterocycles. The average molecular weight is 254 g/mol. The number of carbonyl (C=O) groups is 1. The van der Waals surface area contributed by atoms with Gasteiger partial charge >= 0.3 is 0 Å². The van der Waals surface area contributed by atoms with Gasteiger partial charge < -0.3 is 10.5 Å². The molecule has 0 spiro atoms. The van der Waals surface area contributed by atoms with Gasteiger partial charge in [0.05, 0.1) is 6.61 Å². The maximum Gasteiger partial charge on any atom is 0.239 e. The Morgan fingerprint density at radius 1 is 1.47 bits per heavy atom. The quantitative estimate of drug-likeness (QED) is 0.566. The fourth-order valence-electron chi connectivity index (χ4n) is 1.48. The molecule has 0 saturated heterocycles. The van der Waals surface area contributed by atoms with E-state index in [0.29, 0.717) is 13.2 Å². The summed E-state index contributed by atoms with van der Waals surface area (Å²) in [6.07, 6.45) is 2.01. The molecule has 0 bridgehead atoms. The third-order valence-electron chi connectivity index (χ3n) is 2.39. The van der Waals surface area contributed by atoms with Gasteiger partial charge in [-0.25, -0.2) is 0 Å². The van der Waals surface area contributed by atoms with Crippen molar-refractivity contribution >= 4 is 17.7 Å². The van der Waals surface area contributed by atoms with E-state index < -0.39 is 6.04 Å². The molecule has 17 heavy (non-hydrogen) atoms. The largest absolute Gasteiger partial charge is 0.383 e. The number of ether oxygens (including phenoxy) is 1. The highest BCUT2D eigenvalue weighted by molar-refractivity contribution is 7.98. The van der Waals surface area contributed by atoms with Gasteiger partial charge in [-0.3, -0.25) is 10.1 Å². The second-order valence-electron chi connectivity index (χ2n) is 3.56. The normalized spacial score (nSPS) is 12.4. The standard InChI is InChI=1S/C12H18N2O2S/c1-16-8-7-14-11(12(13)15)9-3-5-10(17-2)6-4-9/h3-6,11,14H,7-8H2,1-2H3,(H2,13,15). The van der Waals surface area contributed by atoms with Crippen LogP contribution in [0.3, 0.4) is 0 Å². The molecule has 1 aromatic carbocycles. The van der Waals surface area contributed by atoms with Gasteiger partial charge in [0.2, 0.25) is 5.91 Å². The number of amides is 1. The molecular weight excluding hydrogens is 236 g/mol. The van der Waals surface area contributed by atoms with Crippen LogP contribution in [0.2, 0.25) is 0 Å². The van der Waals surface area contributed by atoms with E-state index in [1.54, 1.807) is 18.9 Å². The van der Waals surface area contributed by atoms with Crippen molar-refractivity contribution in [2.24, 2.45) is 5.73 Å². The molecule has 1 rings (SSSR count). The van der Waals surface area contributed by atoms with E-state index in [0.717, 1.165) is 10.5 Å². The Bertz CT molecular complexity index is 354. The van der Waals surface area contributed by atoms with Crippen molar-refractivity contribution < 1.29 is 9.53 Å². The number of primary amides is 1. The Balaban J connectivity index is 2.71. The third kappa shape index (κ3) is 4.38. The van der Waals surface area contributed by atoms with E-state index in [1.165, 1.54) is 0 Å². The fourth-order valence-corrected chi connectivity index (χ4v) is 1.89. The SMILES string of the molecule is COCCNC(C(N)=O)c1ccc(SC)cc1. The third-order valence-corrected chi connectivity index (χ3v) is 3.13. The summed E-state index contributed by atoms with van der Waals surface area (Å²) in [5.74, 6) is -0.377. The van der Waals surface area contributed by atoms with E-state index in [2.05, 4.69) is 5.32 Å². The van der Waals surface area contributed by atoms with Crippen LogP contribution in [-0.2, 0) is 9.53 Å². The van der Waals surface area contributed by atoms with E-state index in [9.17, 15) is 4.79 Å². The van der Waals surface area contributed by atoms with Crippen LogP contribution in [0, 0.1) is 0 Å². The Morgan fingerprint density at radius 2 is 2.12 bits per heavy atom. The van der Waals surface area contributed by atoms with E-state index in [-0.39, 0.29) is 5.91 Å². The van der Waals surface area contributed by atoms with Crippen LogP contribution in [-0.4, -0.2) is 32.4 Å². The van der Waals surface area contributed by atoms with E-state index >= 15 is 0 Å². The first-order valence-electron chi connectivity index (χ1n) is 5.34. The fraction of sp³-hybridized carbons (Fsp3) is 0.417. The van der Waals surface area contributed by atoms with Crippen LogP contribution in [0.15, 0.2) is 29.2 Å². The van der Waals surface area contributed by atoms with Crippen LogP contribution in [0.5, 0.6) is 0 Å². The summed E-state index contributed by atoms with van der Waals surface area (Å²) in [5.41, 5.74) is 6.25. The molecule has 0 saturated carbocycles. The average Bonchev–Trinajstić information content (AvgIpc) is 2.34. The van der Waals surface area contributed by atoms with Crippen molar-refractivity contribution in [1.29, 1.82) is 0 Å². The van der Waals surface area contributed by atoms with Crippen molar-refractivity contribution in [2.75, 3.05) is 26.5 Å². The van der Waals surface area contributed by atoms with E-state index in [1.807, 2.05) is 30.5 Å². The second kappa shape index (κ2) is 7.32. The Hall–Kier alpha value is -1.04. The summed E-state index contributed by atoms with van der Waals surface area (Å²) in [4.78, 5) is 12.5. The number of carbonyl (C=O) groups excluding carboxylic acids is 1. The minimum Gasteiger partial charge on any atom is -0.383 e. The minimum atomic E-state index is -0.457. The van der Waals surface area contributed by atoms with Gasteiger partial charge in [0.1, 0.15) is 6.04 Å². The first-order chi connectivity index (χ1) is 8.19. The number of rotatable bonds is 7. The number of hydrogen-bond acceptors (Lipinski definition) is 4. The summed E-state index contributed by atoms with van der Waals surface area (Å²) >= 11 is 1.66. The highest BCUT2D eigenvalue weighted by atomic mass is 32.2. The van der Waals surface area contributed by atoms with Crippen molar-refractivity contribution in [2.45, 2.75) is 10.9 Å². The number of benzene rings is 1. The van der Waals surface area contributed by atoms with Crippen molar-refractivity contribution in [3.63, 3.8) is 0 Å². The summed E-state index contributed by atoms with van der Waals surface area (Å²) < 4.78 is 4.93. The minimum absolute atomic E-state index is 0.377. The molecule has 0 radical (unpaired) electrons. The molecule has 0 aliphatic rings. The smallest absolute Gasteiger partial charge is 0.239 e. The number of nitrogens with one attached hydrogen (secondary N) is 1. The number of hydrogen-bond donors (Lipinski definition) is 2. The predicted octanol–water partition coefficient (Wildman–Crippen LogP) is 1.17. The maximum absolute atomic E-state index is 11.4. The molecule has 0 aliphatic carbocycles. The maximum atomic E-state index is 11.4. The molecule has 1 amide bonds. The highest BCUT2D eigenvalue weighted by Crippen LogP contribution is 2.18. The lowest BCUT2D eigenvalue weighted by atomic mass is 10.1. The molecule has 3 N–H and O–H groups in total. The van der Waals surface area contributed by atoms with Crippen LogP contribution < -0.4 is 11.1 Å². The Morgan fingerprint density at radius 3 is 2.59 bits per heavy atom. The zero-order valence-electron chi connectivity index (χ0n) is 10.1. The zero-order valence-corrected chi connectivity index (χ0v) is 10.9. The van der Waals surface area contributed by atoms with Gasteiger partial charge in [-0.15, -0.1) is 11.8 Å². The van der Waals surface area contributed by atoms with Gasteiger partial charge in [0.15, 0.2) is 0 Å².